The number of nitrogens with one attached hydrogen (secondary N) is 1. The van der Waals surface area contributed by atoms with E-state index in [4.69, 9.17) is 11.6 Å². The first-order valence-corrected chi connectivity index (χ1v) is 7.59. The van der Waals surface area contributed by atoms with E-state index in [0.29, 0.717) is 17.2 Å². The Hall–Kier alpha value is -1.32. The molecule has 0 amide bonds. The summed E-state index contributed by atoms with van der Waals surface area (Å²) in [5.41, 5.74) is 2.07. The second-order valence-corrected chi connectivity index (χ2v) is 5.87. The van der Waals surface area contributed by atoms with Crippen molar-refractivity contribution >= 4 is 28.3 Å². The van der Waals surface area contributed by atoms with Gasteiger partial charge in [0, 0.05) is 28.5 Å². The molecule has 1 saturated heterocycles. The van der Waals surface area contributed by atoms with E-state index >= 15 is 0 Å². The third-order valence-corrected chi connectivity index (χ3v) is 4.47. The quantitative estimate of drug-likeness (QED) is 0.936. The molecular formula is C16H19ClN2O. The number of Topliss-reactive ketones (excluding diaryl/α,β-unsaturated/α-hetero) is 1. The van der Waals surface area contributed by atoms with Crippen LogP contribution in [0.1, 0.15) is 25.3 Å². The van der Waals surface area contributed by atoms with E-state index in [9.17, 15) is 4.79 Å². The van der Waals surface area contributed by atoms with E-state index in [1.165, 1.54) is 0 Å². The number of nitrogens with zero attached hydrogens (tertiary/aromatic N) is 1. The summed E-state index contributed by atoms with van der Waals surface area (Å²) in [5, 5.41) is 1.81. The second-order valence-electron chi connectivity index (χ2n) is 5.43. The van der Waals surface area contributed by atoms with Gasteiger partial charge in [0.2, 0.25) is 0 Å². The number of fused-ring (bicyclic) bond motifs is 1. The predicted molar refractivity (Wildman–Crippen MR) is 82.3 cm³/mol. The van der Waals surface area contributed by atoms with Gasteiger partial charge in [-0.25, -0.2) is 0 Å². The maximum atomic E-state index is 12.5. The highest BCUT2D eigenvalue weighted by Crippen LogP contribution is 2.24. The van der Waals surface area contributed by atoms with Crippen LogP contribution in [0.15, 0.2) is 24.4 Å². The molecule has 0 aliphatic carbocycles. The van der Waals surface area contributed by atoms with Gasteiger partial charge in [-0.2, -0.15) is 0 Å². The Balaban J connectivity index is 1.81. The molecule has 1 aromatic heterocycles. The normalized spacial score (nSPS) is 19.8. The molecule has 1 N–H and O–H groups in total. The van der Waals surface area contributed by atoms with E-state index in [0.717, 1.165) is 42.4 Å². The number of ketones is 1. The fourth-order valence-corrected chi connectivity index (χ4v) is 3.35. The van der Waals surface area contributed by atoms with Crippen LogP contribution in [0.3, 0.4) is 0 Å². The molecule has 1 unspecified atom stereocenters. The number of likely N-dealkylation sites (tertiary alicyclic amines) is 1. The van der Waals surface area contributed by atoms with Gasteiger partial charge in [-0.3, -0.25) is 9.69 Å². The highest BCUT2D eigenvalue weighted by atomic mass is 35.5. The minimum atomic E-state index is 0.109. The van der Waals surface area contributed by atoms with Gasteiger partial charge in [-0.05, 0) is 43.6 Å². The van der Waals surface area contributed by atoms with Crippen molar-refractivity contribution in [3.05, 3.63) is 35.0 Å². The molecule has 2 heterocycles. The molecule has 3 rings (SSSR count). The SMILES string of the molecule is CCN1CCCC1C(=O)Cc1c[nH]c2cc(Cl)ccc12. The molecule has 1 aliphatic heterocycles. The van der Waals surface area contributed by atoms with E-state index in [-0.39, 0.29) is 6.04 Å². The average molecular weight is 291 g/mol. The number of benzene rings is 1. The Labute approximate surface area is 123 Å². The van der Waals surface area contributed by atoms with Crippen LogP contribution in [0.5, 0.6) is 0 Å². The van der Waals surface area contributed by atoms with Crippen LogP contribution in [-0.4, -0.2) is 34.8 Å². The lowest BCUT2D eigenvalue weighted by Crippen LogP contribution is -2.36. The fraction of sp³-hybridized carbons (Fsp3) is 0.438. The molecule has 2 aromatic rings. The van der Waals surface area contributed by atoms with E-state index in [1.807, 2.05) is 24.4 Å². The van der Waals surface area contributed by atoms with Crippen molar-refractivity contribution in [2.45, 2.75) is 32.2 Å². The summed E-state index contributed by atoms with van der Waals surface area (Å²) in [5.74, 6) is 0.334. The smallest absolute Gasteiger partial charge is 0.154 e. The van der Waals surface area contributed by atoms with Crippen molar-refractivity contribution in [1.29, 1.82) is 0 Å². The maximum absolute atomic E-state index is 12.5. The van der Waals surface area contributed by atoms with E-state index < -0.39 is 0 Å². The topological polar surface area (TPSA) is 36.1 Å². The summed E-state index contributed by atoms with van der Waals surface area (Å²) in [7, 11) is 0. The van der Waals surface area contributed by atoms with Crippen molar-refractivity contribution in [1.82, 2.24) is 9.88 Å². The third-order valence-electron chi connectivity index (χ3n) is 4.24. The first-order valence-electron chi connectivity index (χ1n) is 7.21. The van der Waals surface area contributed by atoms with Crippen LogP contribution in [-0.2, 0) is 11.2 Å². The van der Waals surface area contributed by atoms with Gasteiger partial charge in [-0.15, -0.1) is 0 Å². The molecular weight excluding hydrogens is 272 g/mol. The van der Waals surface area contributed by atoms with Crippen molar-refractivity contribution in [3.63, 3.8) is 0 Å². The molecule has 1 aromatic carbocycles. The number of aromatic amines is 1. The number of hydrogen-bond donors (Lipinski definition) is 1. The zero-order valence-corrected chi connectivity index (χ0v) is 12.4. The first kappa shape index (κ1) is 13.7. The number of carbonyl (C=O) groups excluding carboxylic acids is 1. The minimum absolute atomic E-state index is 0.109. The summed E-state index contributed by atoms with van der Waals surface area (Å²) in [6, 6.07) is 5.87. The second kappa shape index (κ2) is 5.58. The third kappa shape index (κ3) is 2.48. The lowest BCUT2D eigenvalue weighted by Gasteiger charge is -2.21. The molecule has 0 spiro atoms. The van der Waals surface area contributed by atoms with Gasteiger partial charge in [0.15, 0.2) is 5.78 Å². The average Bonchev–Trinajstić information content (AvgIpc) is 3.05. The van der Waals surface area contributed by atoms with Crippen molar-refractivity contribution < 1.29 is 4.79 Å². The number of H-pyrrole nitrogens is 1. The van der Waals surface area contributed by atoms with Crippen LogP contribution in [0.2, 0.25) is 5.02 Å². The molecule has 3 nitrogen and oxygen atoms in total. The summed E-state index contributed by atoms with van der Waals surface area (Å²) in [4.78, 5) is 18.0. The molecule has 106 valence electrons. The van der Waals surface area contributed by atoms with Crippen LogP contribution < -0.4 is 0 Å². The summed E-state index contributed by atoms with van der Waals surface area (Å²) >= 11 is 5.98. The zero-order valence-electron chi connectivity index (χ0n) is 11.7. The number of halogens is 1. The number of rotatable bonds is 4. The van der Waals surface area contributed by atoms with Crippen LogP contribution in [0, 0.1) is 0 Å². The monoisotopic (exact) mass is 290 g/mol. The molecule has 20 heavy (non-hydrogen) atoms. The Kier molecular flexibility index (Phi) is 3.81. The Morgan fingerprint density at radius 3 is 3.15 bits per heavy atom. The van der Waals surface area contributed by atoms with Crippen LogP contribution in [0.4, 0.5) is 0 Å². The molecule has 1 aliphatic rings. The van der Waals surface area contributed by atoms with Gasteiger partial charge < -0.3 is 4.98 Å². The van der Waals surface area contributed by atoms with E-state index in [2.05, 4.69) is 16.8 Å². The minimum Gasteiger partial charge on any atom is -0.361 e. The highest BCUT2D eigenvalue weighted by Gasteiger charge is 2.29. The summed E-state index contributed by atoms with van der Waals surface area (Å²) in [6.07, 6.45) is 4.57. The molecule has 1 atom stereocenters. The molecule has 0 bridgehead atoms. The standard InChI is InChI=1S/C16H19ClN2O/c1-2-19-7-3-4-15(19)16(20)8-11-10-18-14-9-12(17)5-6-13(11)14/h5-6,9-10,15,18H,2-4,7-8H2,1H3. The van der Waals surface area contributed by atoms with Gasteiger partial charge in [-0.1, -0.05) is 24.6 Å². The largest absolute Gasteiger partial charge is 0.361 e. The Bertz CT molecular complexity index is 634. The maximum Gasteiger partial charge on any atom is 0.154 e. The highest BCUT2D eigenvalue weighted by molar-refractivity contribution is 6.31. The number of hydrogen-bond acceptors (Lipinski definition) is 2. The zero-order chi connectivity index (χ0) is 14.1. The van der Waals surface area contributed by atoms with Gasteiger partial charge in [0.1, 0.15) is 0 Å². The van der Waals surface area contributed by atoms with Gasteiger partial charge in [0.25, 0.3) is 0 Å². The van der Waals surface area contributed by atoms with Crippen molar-refractivity contribution in [2.75, 3.05) is 13.1 Å². The molecule has 1 fully saturated rings. The molecule has 0 saturated carbocycles. The summed E-state index contributed by atoms with van der Waals surface area (Å²) < 4.78 is 0. The first-order chi connectivity index (χ1) is 9.69. The van der Waals surface area contributed by atoms with Gasteiger partial charge in [0.05, 0.1) is 6.04 Å². The number of carbonyl (C=O) groups is 1. The lowest BCUT2D eigenvalue weighted by molar-refractivity contribution is -0.122. The van der Waals surface area contributed by atoms with Crippen LogP contribution in [0.25, 0.3) is 10.9 Å². The van der Waals surface area contributed by atoms with Crippen LogP contribution >= 0.6 is 11.6 Å². The lowest BCUT2D eigenvalue weighted by atomic mass is 10.0. The van der Waals surface area contributed by atoms with Gasteiger partial charge >= 0.3 is 0 Å². The fourth-order valence-electron chi connectivity index (χ4n) is 3.18. The predicted octanol–water partition coefficient (Wildman–Crippen LogP) is 3.42. The number of likely N-dealkylation sites (N-methyl/N-ethyl adjacent to an activating group) is 1. The Morgan fingerprint density at radius 2 is 2.35 bits per heavy atom. The summed E-state index contributed by atoms with van der Waals surface area (Å²) in [6.45, 7) is 4.13. The van der Waals surface area contributed by atoms with E-state index in [1.54, 1.807) is 0 Å². The van der Waals surface area contributed by atoms with Crippen molar-refractivity contribution in [3.8, 4) is 0 Å². The molecule has 4 heteroatoms. The Morgan fingerprint density at radius 1 is 1.50 bits per heavy atom. The number of aromatic nitrogens is 1. The van der Waals surface area contributed by atoms with Crippen molar-refractivity contribution in [2.24, 2.45) is 0 Å². The molecule has 0 radical (unpaired) electrons.